The van der Waals surface area contributed by atoms with Gasteiger partial charge in [0.2, 0.25) is 0 Å². The van der Waals surface area contributed by atoms with E-state index in [1.165, 1.54) is 24.1 Å². The lowest BCUT2D eigenvalue weighted by atomic mass is 10.2. The van der Waals surface area contributed by atoms with Crippen LogP contribution in [0.2, 0.25) is 0 Å². The third kappa shape index (κ3) is 6.14. The average Bonchev–Trinajstić information content (AvgIpc) is 2.44. The molecule has 0 unspecified atom stereocenters. The highest BCUT2D eigenvalue weighted by Crippen LogP contribution is 2.16. The van der Waals surface area contributed by atoms with Crippen molar-refractivity contribution in [2.24, 2.45) is 0 Å². The van der Waals surface area contributed by atoms with Crippen molar-refractivity contribution in [2.45, 2.75) is 26.4 Å². The molecule has 1 N–H and O–H groups in total. The molecule has 0 fully saturated rings. The Morgan fingerprint density at radius 2 is 1.96 bits per heavy atom. The van der Waals surface area contributed by atoms with Crippen LogP contribution < -0.4 is 10.1 Å². The van der Waals surface area contributed by atoms with Gasteiger partial charge < -0.3 is 19.7 Å². The lowest BCUT2D eigenvalue weighted by molar-refractivity contribution is 0.0299. The minimum atomic E-state index is -0.664. The van der Waals surface area contributed by atoms with E-state index in [0.717, 1.165) is 6.07 Å². The van der Waals surface area contributed by atoms with Crippen molar-refractivity contribution in [3.8, 4) is 5.75 Å². The van der Waals surface area contributed by atoms with Crippen LogP contribution >= 0.6 is 0 Å². The van der Waals surface area contributed by atoms with E-state index < -0.39 is 23.4 Å². The van der Waals surface area contributed by atoms with Crippen molar-refractivity contribution < 1.29 is 23.5 Å². The number of hydrogen-bond acceptors (Lipinski definition) is 4. The van der Waals surface area contributed by atoms with Crippen molar-refractivity contribution in [2.75, 3.05) is 27.2 Å². The number of rotatable bonds is 5. The second kappa shape index (κ2) is 7.80. The van der Waals surface area contributed by atoms with Gasteiger partial charge in [-0.15, -0.1) is 0 Å². The van der Waals surface area contributed by atoms with Crippen LogP contribution in [-0.2, 0) is 4.74 Å². The summed E-state index contributed by atoms with van der Waals surface area (Å²) in [6.07, 6.45) is -0.484. The van der Waals surface area contributed by atoms with Crippen LogP contribution in [0.4, 0.5) is 9.18 Å². The highest BCUT2D eigenvalue weighted by atomic mass is 19.1. The number of methoxy groups -OCH3 is 1. The summed E-state index contributed by atoms with van der Waals surface area (Å²) in [4.78, 5) is 25.0. The maximum atomic E-state index is 13.8. The Kier molecular flexibility index (Phi) is 6.36. The zero-order chi connectivity index (χ0) is 17.6. The number of halogens is 1. The number of carbonyl (C=O) groups excluding carboxylic acids is 2. The number of ether oxygens (including phenoxy) is 2. The second-order valence-corrected chi connectivity index (χ2v) is 6.00. The largest absolute Gasteiger partial charge is 0.497 e. The van der Waals surface area contributed by atoms with Crippen LogP contribution in [0, 0.1) is 5.82 Å². The van der Waals surface area contributed by atoms with Crippen LogP contribution in [0.3, 0.4) is 0 Å². The third-order valence-electron chi connectivity index (χ3n) is 2.86. The summed E-state index contributed by atoms with van der Waals surface area (Å²) in [7, 11) is 2.98. The predicted molar refractivity (Wildman–Crippen MR) is 84.1 cm³/mol. The number of hydrogen-bond donors (Lipinski definition) is 1. The number of likely N-dealkylation sites (N-methyl/N-ethyl adjacent to an activating group) is 1. The first-order chi connectivity index (χ1) is 10.6. The van der Waals surface area contributed by atoms with Gasteiger partial charge in [-0.05, 0) is 32.9 Å². The molecule has 0 atom stereocenters. The minimum Gasteiger partial charge on any atom is -0.497 e. The maximum absolute atomic E-state index is 13.8. The van der Waals surface area contributed by atoms with Crippen LogP contribution in [0.15, 0.2) is 18.2 Å². The number of amides is 2. The highest BCUT2D eigenvalue weighted by Gasteiger charge is 2.19. The van der Waals surface area contributed by atoms with Crippen LogP contribution in [0.1, 0.15) is 31.1 Å². The molecule has 0 saturated heterocycles. The van der Waals surface area contributed by atoms with E-state index in [2.05, 4.69) is 5.32 Å². The topological polar surface area (TPSA) is 67.9 Å². The first kappa shape index (κ1) is 18.7. The zero-order valence-electron chi connectivity index (χ0n) is 14.1. The van der Waals surface area contributed by atoms with Gasteiger partial charge in [0.25, 0.3) is 5.91 Å². The van der Waals surface area contributed by atoms with Crippen LogP contribution in [-0.4, -0.2) is 49.7 Å². The van der Waals surface area contributed by atoms with Gasteiger partial charge in [-0.1, -0.05) is 0 Å². The molecule has 0 aromatic heterocycles. The maximum Gasteiger partial charge on any atom is 0.410 e. The van der Waals surface area contributed by atoms with Gasteiger partial charge in [-0.25, -0.2) is 9.18 Å². The third-order valence-corrected chi connectivity index (χ3v) is 2.86. The average molecular weight is 326 g/mol. The Morgan fingerprint density at radius 3 is 2.48 bits per heavy atom. The number of nitrogens with one attached hydrogen (secondary N) is 1. The van der Waals surface area contributed by atoms with Crippen LogP contribution in [0.25, 0.3) is 0 Å². The fraction of sp³-hybridized carbons (Fsp3) is 0.500. The Hall–Kier alpha value is -2.31. The first-order valence-corrected chi connectivity index (χ1v) is 7.20. The molecule has 0 spiro atoms. The van der Waals surface area contributed by atoms with Gasteiger partial charge in [-0.3, -0.25) is 4.79 Å². The molecule has 0 aliphatic rings. The Morgan fingerprint density at radius 1 is 1.30 bits per heavy atom. The molecule has 0 aliphatic carbocycles. The standard InChI is InChI=1S/C16H23FN2O4/c1-16(2,3)23-15(21)19(4)9-8-18-14(20)12-7-6-11(22-5)10-13(12)17/h6-7,10H,8-9H2,1-5H3,(H,18,20). The molecule has 1 aromatic rings. The molecule has 0 bridgehead atoms. The fourth-order valence-corrected chi connectivity index (χ4v) is 1.67. The Balaban J connectivity index is 2.49. The van der Waals surface area contributed by atoms with Crippen LogP contribution in [0.5, 0.6) is 5.75 Å². The van der Waals surface area contributed by atoms with E-state index in [0.29, 0.717) is 5.75 Å². The van der Waals surface area contributed by atoms with Gasteiger partial charge in [-0.2, -0.15) is 0 Å². The molecule has 7 heteroatoms. The minimum absolute atomic E-state index is 0.0780. The molecule has 128 valence electrons. The number of nitrogens with zero attached hydrogens (tertiary/aromatic N) is 1. The SMILES string of the molecule is COc1ccc(C(=O)NCCN(C)C(=O)OC(C)(C)C)c(F)c1. The summed E-state index contributed by atoms with van der Waals surface area (Å²) in [6, 6.07) is 3.99. The summed E-state index contributed by atoms with van der Waals surface area (Å²) >= 11 is 0. The zero-order valence-corrected chi connectivity index (χ0v) is 14.1. The van der Waals surface area contributed by atoms with Gasteiger partial charge >= 0.3 is 6.09 Å². The summed E-state index contributed by atoms with van der Waals surface area (Å²) in [5.74, 6) is -0.881. The van der Waals surface area contributed by atoms with E-state index in [4.69, 9.17) is 9.47 Å². The predicted octanol–water partition coefficient (Wildman–Crippen LogP) is 2.43. The summed E-state index contributed by atoms with van der Waals surface area (Å²) < 4.78 is 23.8. The fourth-order valence-electron chi connectivity index (χ4n) is 1.67. The van der Waals surface area contributed by atoms with Gasteiger partial charge in [0, 0.05) is 26.2 Å². The molecule has 2 amide bonds. The summed E-state index contributed by atoms with van der Waals surface area (Å²) in [5.41, 5.74) is -0.661. The molecule has 1 rings (SSSR count). The summed E-state index contributed by atoms with van der Waals surface area (Å²) in [5, 5.41) is 2.56. The normalized spacial score (nSPS) is 10.9. The van der Waals surface area contributed by atoms with E-state index in [1.54, 1.807) is 27.8 Å². The van der Waals surface area contributed by atoms with Gasteiger partial charge in [0.1, 0.15) is 17.2 Å². The molecule has 0 aliphatic heterocycles. The molecular formula is C16H23FN2O4. The lowest BCUT2D eigenvalue weighted by Crippen LogP contribution is -2.39. The number of benzene rings is 1. The van der Waals surface area contributed by atoms with Crippen molar-refractivity contribution in [1.82, 2.24) is 10.2 Å². The van der Waals surface area contributed by atoms with Crippen molar-refractivity contribution >= 4 is 12.0 Å². The van der Waals surface area contributed by atoms with Crippen molar-refractivity contribution in [1.29, 1.82) is 0 Å². The van der Waals surface area contributed by atoms with E-state index in [1.807, 2.05) is 0 Å². The van der Waals surface area contributed by atoms with E-state index in [-0.39, 0.29) is 18.7 Å². The second-order valence-electron chi connectivity index (χ2n) is 6.00. The molecular weight excluding hydrogens is 303 g/mol. The van der Waals surface area contributed by atoms with Crippen molar-refractivity contribution in [3.05, 3.63) is 29.6 Å². The molecule has 0 saturated carbocycles. The summed E-state index contributed by atoms with van der Waals surface area (Å²) in [6.45, 7) is 5.74. The van der Waals surface area contributed by atoms with Gasteiger partial charge in [0.15, 0.2) is 0 Å². The number of carbonyl (C=O) groups is 2. The van der Waals surface area contributed by atoms with E-state index >= 15 is 0 Å². The Bertz CT molecular complexity index is 570. The van der Waals surface area contributed by atoms with E-state index in [9.17, 15) is 14.0 Å². The molecule has 0 radical (unpaired) electrons. The molecule has 23 heavy (non-hydrogen) atoms. The smallest absolute Gasteiger partial charge is 0.410 e. The molecule has 6 nitrogen and oxygen atoms in total. The quantitative estimate of drug-likeness (QED) is 0.902. The Labute approximate surface area is 135 Å². The molecule has 0 heterocycles. The highest BCUT2D eigenvalue weighted by molar-refractivity contribution is 5.94. The lowest BCUT2D eigenvalue weighted by Gasteiger charge is -2.24. The van der Waals surface area contributed by atoms with Gasteiger partial charge in [0.05, 0.1) is 12.7 Å². The first-order valence-electron chi connectivity index (χ1n) is 7.20. The molecule has 1 aromatic carbocycles. The monoisotopic (exact) mass is 326 g/mol. The van der Waals surface area contributed by atoms with Crippen molar-refractivity contribution in [3.63, 3.8) is 0 Å².